The lowest BCUT2D eigenvalue weighted by Gasteiger charge is -2.09. The number of hydrogen-bond acceptors (Lipinski definition) is 3. The van der Waals surface area contributed by atoms with Crippen LogP contribution < -0.4 is 10.9 Å². The zero-order chi connectivity index (χ0) is 16.6. The molecule has 0 heterocycles. The Morgan fingerprint density at radius 3 is 2.32 bits per heavy atom. The predicted octanol–water partition coefficient (Wildman–Crippen LogP) is 2.28. The van der Waals surface area contributed by atoms with Gasteiger partial charge in [-0.2, -0.15) is 13.2 Å². The van der Waals surface area contributed by atoms with E-state index in [9.17, 15) is 22.8 Å². The summed E-state index contributed by atoms with van der Waals surface area (Å²) in [6.07, 6.45) is -2.70. The summed E-state index contributed by atoms with van der Waals surface area (Å²) in [5.41, 5.74) is 3.37. The highest BCUT2D eigenvalue weighted by Crippen LogP contribution is 2.28. The number of alkyl halides is 3. The van der Waals surface area contributed by atoms with Crippen molar-refractivity contribution in [2.75, 3.05) is 13.2 Å². The van der Waals surface area contributed by atoms with Crippen LogP contribution in [0.1, 0.15) is 35.7 Å². The van der Waals surface area contributed by atoms with E-state index in [1.807, 2.05) is 6.92 Å². The van der Waals surface area contributed by atoms with Crippen LogP contribution in [0.5, 0.6) is 0 Å². The van der Waals surface area contributed by atoms with Crippen LogP contribution in [0.25, 0.3) is 0 Å². The Bertz CT molecular complexity index is 501. The molecule has 0 unspecified atom stereocenters. The van der Waals surface area contributed by atoms with Crippen molar-refractivity contribution in [3.05, 3.63) is 35.4 Å². The molecular formula is C14H17F3N2O3. The number of amides is 2. The standard InChI is InChI=1S/C14H17F3N2O3/c1-2-3-8-22-9-12(20)18-19-13(21)10-4-6-11(7-5-10)14(15,16)17/h4-7H,2-3,8-9H2,1H3,(H,18,20)(H,19,21). The van der Waals surface area contributed by atoms with Gasteiger partial charge in [-0.3, -0.25) is 20.4 Å². The molecule has 22 heavy (non-hydrogen) atoms. The molecule has 0 radical (unpaired) electrons. The van der Waals surface area contributed by atoms with Gasteiger partial charge in [0.2, 0.25) is 0 Å². The third kappa shape index (κ3) is 6.13. The van der Waals surface area contributed by atoms with Crippen molar-refractivity contribution in [2.45, 2.75) is 25.9 Å². The van der Waals surface area contributed by atoms with E-state index in [4.69, 9.17) is 4.74 Å². The van der Waals surface area contributed by atoms with Crippen LogP contribution in [0.3, 0.4) is 0 Å². The molecule has 0 spiro atoms. The summed E-state index contributed by atoms with van der Waals surface area (Å²) in [4.78, 5) is 23.0. The predicted molar refractivity (Wildman–Crippen MR) is 72.8 cm³/mol. The molecule has 0 aliphatic carbocycles. The van der Waals surface area contributed by atoms with Gasteiger partial charge in [-0.15, -0.1) is 0 Å². The lowest BCUT2D eigenvalue weighted by molar-refractivity contribution is -0.137. The molecule has 1 rings (SSSR count). The highest BCUT2D eigenvalue weighted by atomic mass is 19.4. The van der Waals surface area contributed by atoms with Crippen LogP contribution in [0, 0.1) is 0 Å². The van der Waals surface area contributed by atoms with Gasteiger partial charge in [0, 0.05) is 12.2 Å². The normalized spacial score (nSPS) is 11.1. The SMILES string of the molecule is CCCCOCC(=O)NNC(=O)c1ccc(C(F)(F)F)cc1. The molecule has 8 heteroatoms. The van der Waals surface area contributed by atoms with Crippen molar-refractivity contribution in [1.29, 1.82) is 0 Å². The number of hydrazine groups is 1. The summed E-state index contributed by atoms with van der Waals surface area (Å²) < 4.78 is 42.2. The van der Waals surface area contributed by atoms with Gasteiger partial charge in [0.15, 0.2) is 0 Å². The molecule has 0 aliphatic heterocycles. The number of benzene rings is 1. The fraction of sp³-hybridized carbons (Fsp3) is 0.429. The van der Waals surface area contributed by atoms with Crippen LogP contribution in [0.4, 0.5) is 13.2 Å². The Morgan fingerprint density at radius 2 is 1.77 bits per heavy atom. The molecular weight excluding hydrogens is 301 g/mol. The number of carbonyl (C=O) groups is 2. The number of rotatable bonds is 6. The molecule has 0 aromatic heterocycles. The Kier molecular flexibility index (Phi) is 6.84. The van der Waals surface area contributed by atoms with Gasteiger partial charge >= 0.3 is 6.18 Å². The quantitative estimate of drug-likeness (QED) is 0.625. The lowest BCUT2D eigenvalue weighted by atomic mass is 10.1. The van der Waals surface area contributed by atoms with Gasteiger partial charge in [-0.1, -0.05) is 13.3 Å². The average molecular weight is 318 g/mol. The molecule has 1 aromatic carbocycles. The van der Waals surface area contributed by atoms with E-state index in [1.165, 1.54) is 0 Å². The van der Waals surface area contributed by atoms with Crippen LogP contribution in [-0.4, -0.2) is 25.0 Å². The van der Waals surface area contributed by atoms with E-state index in [2.05, 4.69) is 10.9 Å². The fourth-order valence-electron chi connectivity index (χ4n) is 1.46. The highest BCUT2D eigenvalue weighted by molar-refractivity contribution is 5.95. The zero-order valence-corrected chi connectivity index (χ0v) is 12.0. The van der Waals surface area contributed by atoms with E-state index >= 15 is 0 Å². The van der Waals surface area contributed by atoms with Crippen molar-refractivity contribution in [3.63, 3.8) is 0 Å². The molecule has 5 nitrogen and oxygen atoms in total. The van der Waals surface area contributed by atoms with Gasteiger partial charge < -0.3 is 4.74 Å². The number of hydrogen-bond donors (Lipinski definition) is 2. The van der Waals surface area contributed by atoms with E-state index in [1.54, 1.807) is 0 Å². The van der Waals surface area contributed by atoms with Crippen molar-refractivity contribution in [1.82, 2.24) is 10.9 Å². The van der Waals surface area contributed by atoms with Gasteiger partial charge in [0.1, 0.15) is 6.61 Å². The third-order valence-electron chi connectivity index (χ3n) is 2.67. The molecule has 2 amide bonds. The van der Waals surface area contributed by atoms with E-state index in [0.717, 1.165) is 37.1 Å². The maximum Gasteiger partial charge on any atom is 0.416 e. The minimum absolute atomic E-state index is 0.000186. The second-order valence-corrected chi connectivity index (χ2v) is 4.48. The molecule has 0 aliphatic rings. The smallest absolute Gasteiger partial charge is 0.372 e. The number of halogens is 3. The molecule has 0 saturated heterocycles. The molecule has 2 N–H and O–H groups in total. The van der Waals surface area contributed by atoms with E-state index in [0.29, 0.717) is 6.61 Å². The van der Waals surface area contributed by atoms with Gasteiger partial charge in [-0.25, -0.2) is 0 Å². The first kappa shape index (κ1) is 18.0. The van der Waals surface area contributed by atoms with Crippen molar-refractivity contribution >= 4 is 11.8 Å². The van der Waals surface area contributed by atoms with Gasteiger partial charge in [0.05, 0.1) is 5.56 Å². The topological polar surface area (TPSA) is 67.4 Å². The highest BCUT2D eigenvalue weighted by Gasteiger charge is 2.30. The largest absolute Gasteiger partial charge is 0.416 e. The number of nitrogens with one attached hydrogen (secondary N) is 2. The average Bonchev–Trinajstić information content (AvgIpc) is 2.48. The van der Waals surface area contributed by atoms with Crippen molar-refractivity contribution in [2.24, 2.45) is 0 Å². The molecule has 0 atom stereocenters. The summed E-state index contributed by atoms with van der Waals surface area (Å²) in [6.45, 7) is 2.22. The zero-order valence-electron chi connectivity index (χ0n) is 12.0. The Balaban J connectivity index is 2.40. The van der Waals surface area contributed by atoms with Crippen LogP contribution in [0.2, 0.25) is 0 Å². The monoisotopic (exact) mass is 318 g/mol. The Morgan fingerprint density at radius 1 is 1.14 bits per heavy atom. The summed E-state index contributed by atoms with van der Waals surface area (Å²) >= 11 is 0. The molecule has 0 bridgehead atoms. The Labute approximate surface area is 125 Å². The van der Waals surface area contributed by atoms with Crippen LogP contribution in [0.15, 0.2) is 24.3 Å². The first-order valence-corrected chi connectivity index (χ1v) is 6.68. The maximum atomic E-state index is 12.4. The third-order valence-corrected chi connectivity index (χ3v) is 2.67. The molecule has 1 aromatic rings. The summed E-state index contributed by atoms with van der Waals surface area (Å²) in [7, 11) is 0. The first-order valence-electron chi connectivity index (χ1n) is 6.68. The second kappa shape index (κ2) is 8.38. The minimum Gasteiger partial charge on any atom is -0.372 e. The summed E-state index contributed by atoms with van der Waals surface area (Å²) in [5.74, 6) is -1.26. The van der Waals surface area contributed by atoms with Crippen LogP contribution in [-0.2, 0) is 15.7 Å². The molecule has 0 saturated carbocycles. The summed E-state index contributed by atoms with van der Waals surface area (Å²) in [6, 6.07) is 3.65. The minimum atomic E-state index is -4.46. The lowest BCUT2D eigenvalue weighted by Crippen LogP contribution is -2.43. The van der Waals surface area contributed by atoms with Crippen molar-refractivity contribution < 1.29 is 27.5 Å². The van der Waals surface area contributed by atoms with Gasteiger partial charge in [0.25, 0.3) is 11.8 Å². The van der Waals surface area contributed by atoms with Gasteiger partial charge in [-0.05, 0) is 30.7 Å². The number of ether oxygens (including phenoxy) is 1. The van der Waals surface area contributed by atoms with Crippen LogP contribution >= 0.6 is 0 Å². The summed E-state index contributed by atoms with van der Waals surface area (Å²) in [5, 5.41) is 0. The number of unbranched alkanes of at least 4 members (excludes halogenated alkanes) is 1. The first-order chi connectivity index (χ1) is 10.3. The Hall–Kier alpha value is -2.09. The van der Waals surface area contributed by atoms with Crippen molar-refractivity contribution in [3.8, 4) is 0 Å². The number of carbonyl (C=O) groups excluding carboxylic acids is 2. The maximum absolute atomic E-state index is 12.4. The van der Waals surface area contributed by atoms with E-state index < -0.39 is 23.6 Å². The van der Waals surface area contributed by atoms with E-state index in [-0.39, 0.29) is 12.2 Å². The second-order valence-electron chi connectivity index (χ2n) is 4.48. The molecule has 0 fully saturated rings. The molecule has 122 valence electrons. The fourth-order valence-corrected chi connectivity index (χ4v) is 1.46.